The molecular formula is C49H91O12P. The van der Waals surface area contributed by atoms with Crippen LogP contribution in [0, 0.1) is 0 Å². The predicted molar refractivity (Wildman–Crippen MR) is 249 cm³/mol. The van der Waals surface area contributed by atoms with Crippen molar-refractivity contribution < 1.29 is 58.3 Å². The zero-order chi connectivity index (χ0) is 45.5. The third kappa shape index (κ3) is 31.4. The Kier molecular flexibility index (Phi) is 37.7. The smallest absolute Gasteiger partial charge is 0.457 e. The summed E-state index contributed by atoms with van der Waals surface area (Å²) in [5.41, 5.74) is 0. The first-order chi connectivity index (χ1) is 30.0. The van der Waals surface area contributed by atoms with E-state index in [4.69, 9.17) is 18.5 Å². The molecule has 6 atom stereocenters. The third-order valence-electron chi connectivity index (χ3n) is 11.5. The second kappa shape index (κ2) is 39.9. The molecule has 62 heavy (non-hydrogen) atoms. The molecule has 0 aromatic rings. The Morgan fingerprint density at radius 1 is 0.516 bits per heavy atom. The van der Waals surface area contributed by atoms with Crippen LogP contribution in [0.5, 0.6) is 0 Å². The molecule has 1 aliphatic carbocycles. The molecule has 6 N–H and O–H groups in total. The van der Waals surface area contributed by atoms with Crippen LogP contribution in [-0.4, -0.2) is 98.9 Å². The maximum absolute atomic E-state index is 12.8. The van der Waals surface area contributed by atoms with Crippen molar-refractivity contribution in [1.82, 2.24) is 0 Å². The summed E-state index contributed by atoms with van der Waals surface area (Å²) in [6.07, 6.45) is 34.9. The molecular weight excluding hydrogens is 812 g/mol. The van der Waals surface area contributed by atoms with E-state index in [1.165, 1.54) is 116 Å². The minimum absolute atomic E-state index is 0.0822. The zero-order valence-electron chi connectivity index (χ0n) is 38.9. The van der Waals surface area contributed by atoms with Crippen LogP contribution in [0.2, 0.25) is 0 Å². The fourth-order valence-electron chi connectivity index (χ4n) is 7.50. The molecule has 1 rings (SSSR count). The lowest BCUT2D eigenvalue weighted by atomic mass is 9.85. The SMILES string of the molecule is CCCCC/C=C\C/C=C\CCCCCCCC(=O)OC(COCCCCCCCCCCCC/C=C\CCCCCCCC)COP(=O)(O)OC1C(O)C(O)C(O)C(O)C1O. The van der Waals surface area contributed by atoms with Gasteiger partial charge in [0.2, 0.25) is 0 Å². The van der Waals surface area contributed by atoms with Crippen molar-refractivity contribution in [2.24, 2.45) is 0 Å². The van der Waals surface area contributed by atoms with E-state index in [9.17, 15) is 39.8 Å². The first kappa shape index (κ1) is 58.6. The van der Waals surface area contributed by atoms with Crippen LogP contribution < -0.4 is 0 Å². The predicted octanol–water partition coefficient (Wildman–Crippen LogP) is 10.6. The van der Waals surface area contributed by atoms with Crippen molar-refractivity contribution >= 4 is 13.8 Å². The number of carbonyl (C=O) groups excluding carboxylic acids is 1. The van der Waals surface area contributed by atoms with Crippen LogP contribution in [0.4, 0.5) is 0 Å². The highest BCUT2D eigenvalue weighted by Crippen LogP contribution is 2.47. The van der Waals surface area contributed by atoms with Crippen LogP contribution in [-0.2, 0) is 27.9 Å². The lowest BCUT2D eigenvalue weighted by Gasteiger charge is -2.41. The van der Waals surface area contributed by atoms with Crippen molar-refractivity contribution in [3.63, 3.8) is 0 Å². The quantitative estimate of drug-likeness (QED) is 0.0147. The molecule has 0 aliphatic heterocycles. The third-order valence-corrected chi connectivity index (χ3v) is 12.5. The number of phosphoric ester groups is 1. The molecule has 0 aromatic carbocycles. The highest BCUT2D eigenvalue weighted by Gasteiger charge is 2.51. The summed E-state index contributed by atoms with van der Waals surface area (Å²) in [7, 11) is -5.02. The van der Waals surface area contributed by atoms with Crippen molar-refractivity contribution in [3.8, 4) is 0 Å². The van der Waals surface area contributed by atoms with Crippen molar-refractivity contribution in [3.05, 3.63) is 36.5 Å². The summed E-state index contributed by atoms with van der Waals surface area (Å²) in [5.74, 6) is -0.490. The van der Waals surface area contributed by atoms with Crippen LogP contribution in [0.3, 0.4) is 0 Å². The maximum atomic E-state index is 12.8. The first-order valence-electron chi connectivity index (χ1n) is 24.8. The van der Waals surface area contributed by atoms with E-state index in [0.29, 0.717) is 13.0 Å². The molecule has 0 spiro atoms. The number of allylic oxidation sites excluding steroid dienone is 6. The number of phosphoric acid groups is 1. The average molecular weight is 903 g/mol. The number of unbranched alkanes of at least 4 members (excludes halogenated alkanes) is 24. The number of aliphatic hydroxyl groups excluding tert-OH is 5. The Labute approximate surface area is 376 Å². The lowest BCUT2D eigenvalue weighted by molar-refractivity contribution is -0.220. The number of carbonyl (C=O) groups is 1. The number of ether oxygens (including phenoxy) is 2. The highest BCUT2D eigenvalue weighted by molar-refractivity contribution is 7.47. The lowest BCUT2D eigenvalue weighted by Crippen LogP contribution is -2.64. The summed E-state index contributed by atoms with van der Waals surface area (Å²) in [5, 5.41) is 50.2. The second-order valence-corrected chi connectivity index (χ2v) is 18.7. The van der Waals surface area contributed by atoms with Crippen LogP contribution in [0.15, 0.2) is 36.5 Å². The van der Waals surface area contributed by atoms with Gasteiger partial charge in [-0.05, 0) is 70.6 Å². The van der Waals surface area contributed by atoms with E-state index < -0.39 is 63.1 Å². The Hall–Kier alpha value is -1.44. The number of aliphatic hydroxyl groups is 5. The maximum Gasteiger partial charge on any atom is 0.472 e. The van der Waals surface area contributed by atoms with Crippen LogP contribution >= 0.6 is 7.82 Å². The number of hydrogen-bond acceptors (Lipinski definition) is 11. The van der Waals surface area contributed by atoms with Gasteiger partial charge in [-0.2, -0.15) is 0 Å². The van der Waals surface area contributed by atoms with Gasteiger partial charge >= 0.3 is 13.8 Å². The molecule has 1 fully saturated rings. The number of rotatable bonds is 42. The Morgan fingerprint density at radius 3 is 1.40 bits per heavy atom. The Balaban J connectivity index is 2.36. The topological polar surface area (TPSA) is 192 Å². The van der Waals surface area contributed by atoms with Gasteiger partial charge in [0, 0.05) is 13.0 Å². The summed E-state index contributed by atoms with van der Waals surface area (Å²) in [6, 6.07) is 0. The molecule has 0 aromatic heterocycles. The van der Waals surface area contributed by atoms with E-state index in [2.05, 4.69) is 50.3 Å². The minimum Gasteiger partial charge on any atom is -0.457 e. The van der Waals surface area contributed by atoms with Crippen LogP contribution in [0.25, 0.3) is 0 Å². The largest absolute Gasteiger partial charge is 0.472 e. The summed E-state index contributed by atoms with van der Waals surface area (Å²) in [6.45, 7) is 4.23. The van der Waals surface area contributed by atoms with Gasteiger partial charge in [-0.3, -0.25) is 13.8 Å². The molecule has 12 nitrogen and oxygen atoms in total. The van der Waals surface area contributed by atoms with Crippen molar-refractivity contribution in [2.75, 3.05) is 19.8 Å². The van der Waals surface area contributed by atoms with E-state index in [0.717, 1.165) is 64.2 Å². The van der Waals surface area contributed by atoms with E-state index >= 15 is 0 Å². The van der Waals surface area contributed by atoms with Gasteiger partial charge in [-0.15, -0.1) is 0 Å². The van der Waals surface area contributed by atoms with E-state index in [1.807, 2.05) is 0 Å². The van der Waals surface area contributed by atoms with Gasteiger partial charge in [0.05, 0.1) is 13.2 Å². The van der Waals surface area contributed by atoms with Gasteiger partial charge in [0.15, 0.2) is 0 Å². The molecule has 0 radical (unpaired) electrons. The van der Waals surface area contributed by atoms with Gasteiger partial charge in [0.1, 0.15) is 42.7 Å². The molecule has 364 valence electrons. The average Bonchev–Trinajstić information content (AvgIpc) is 3.26. The van der Waals surface area contributed by atoms with E-state index in [-0.39, 0.29) is 13.0 Å². The monoisotopic (exact) mass is 903 g/mol. The van der Waals surface area contributed by atoms with Crippen molar-refractivity contribution in [2.45, 2.75) is 249 Å². The molecule has 13 heteroatoms. The minimum atomic E-state index is -5.02. The summed E-state index contributed by atoms with van der Waals surface area (Å²) < 4.78 is 34.2. The molecule has 1 saturated carbocycles. The number of hydrogen-bond donors (Lipinski definition) is 6. The summed E-state index contributed by atoms with van der Waals surface area (Å²) in [4.78, 5) is 23.2. The second-order valence-electron chi connectivity index (χ2n) is 17.3. The molecule has 0 heterocycles. The molecule has 1 aliphatic rings. The highest BCUT2D eigenvalue weighted by atomic mass is 31.2. The van der Waals surface area contributed by atoms with Gasteiger partial charge in [0.25, 0.3) is 0 Å². The fraction of sp³-hybridized carbons (Fsp3) is 0.857. The zero-order valence-corrected chi connectivity index (χ0v) is 39.8. The van der Waals surface area contributed by atoms with Gasteiger partial charge in [-0.25, -0.2) is 4.57 Å². The van der Waals surface area contributed by atoms with Gasteiger partial charge < -0.3 is 39.9 Å². The number of esters is 1. The fourth-order valence-corrected chi connectivity index (χ4v) is 8.47. The standard InChI is InChI=1S/C49H91O12P/c1-3-5-7-9-11-13-15-17-19-20-21-22-23-25-27-29-31-33-35-37-39-58-40-42(41-59-62(56,57)61-49-47(54)45(52)44(51)46(53)48(49)55)60-43(50)38-36-34-32-30-28-26-24-18-16-14-12-10-8-6-4-2/h12,14,17-19,24,42,44-49,51-55H,3-11,13,15-16,20-23,25-41H2,1-2H3,(H,56,57)/b14-12-,19-17-,24-18-. The molecule has 0 amide bonds. The summed E-state index contributed by atoms with van der Waals surface area (Å²) >= 11 is 0. The van der Waals surface area contributed by atoms with E-state index in [1.54, 1.807) is 0 Å². The Morgan fingerprint density at radius 2 is 0.903 bits per heavy atom. The molecule has 0 bridgehead atoms. The van der Waals surface area contributed by atoms with Crippen molar-refractivity contribution in [1.29, 1.82) is 0 Å². The molecule has 6 unspecified atom stereocenters. The Bertz CT molecular complexity index is 1170. The van der Waals surface area contributed by atoms with Gasteiger partial charge in [-0.1, -0.05) is 166 Å². The van der Waals surface area contributed by atoms with Crippen LogP contribution in [0.1, 0.15) is 206 Å². The normalized spacial score (nSPS) is 22.3. The first-order valence-corrected chi connectivity index (χ1v) is 26.3. The molecule has 0 saturated heterocycles.